The van der Waals surface area contributed by atoms with Crippen molar-refractivity contribution in [1.82, 2.24) is 9.21 Å². The fraction of sp³-hybridized carbons (Fsp3) is 0.846. The summed E-state index contributed by atoms with van der Waals surface area (Å²) < 4.78 is 24.7. The van der Waals surface area contributed by atoms with Gasteiger partial charge in [-0.25, -0.2) is 13.2 Å². The zero-order valence-corrected chi connectivity index (χ0v) is 13.0. The Bertz CT molecular complexity index is 519. The molecule has 1 amide bonds. The maximum Gasteiger partial charge on any atom is 0.326 e. The van der Waals surface area contributed by atoms with Crippen LogP contribution in [-0.2, 0) is 19.6 Å². The van der Waals surface area contributed by atoms with Crippen molar-refractivity contribution in [3.05, 3.63) is 0 Å². The molecule has 120 valence electrons. The highest BCUT2D eigenvalue weighted by Gasteiger charge is 2.41. The average molecular weight is 318 g/mol. The second-order valence-electron chi connectivity index (χ2n) is 5.77. The second-order valence-corrected chi connectivity index (χ2v) is 7.70. The lowest BCUT2D eigenvalue weighted by atomic mass is 10.1. The van der Waals surface area contributed by atoms with Crippen LogP contribution in [0.4, 0.5) is 0 Å². The van der Waals surface area contributed by atoms with Gasteiger partial charge in [-0.05, 0) is 25.7 Å². The van der Waals surface area contributed by atoms with Crippen molar-refractivity contribution in [3.63, 3.8) is 0 Å². The Hall–Kier alpha value is -1.15. The lowest BCUT2D eigenvalue weighted by Gasteiger charge is -2.32. The van der Waals surface area contributed by atoms with Gasteiger partial charge in [-0.2, -0.15) is 4.31 Å². The molecule has 2 unspecified atom stereocenters. The average Bonchev–Trinajstić information content (AvgIpc) is 2.75. The summed E-state index contributed by atoms with van der Waals surface area (Å²) in [6, 6.07) is -1.57. The molecule has 0 spiro atoms. The first-order valence-corrected chi connectivity index (χ1v) is 9.17. The van der Waals surface area contributed by atoms with Crippen LogP contribution in [0.5, 0.6) is 0 Å². The molecule has 0 aromatic carbocycles. The zero-order valence-electron chi connectivity index (χ0n) is 12.2. The summed E-state index contributed by atoms with van der Waals surface area (Å²) in [6.45, 7) is 0.727. The van der Waals surface area contributed by atoms with Crippen molar-refractivity contribution in [2.45, 2.75) is 50.6 Å². The number of carbonyl (C=O) groups excluding carboxylic acids is 1. The SMILES string of the molecule is CS(=O)(=O)N1CCCC1C(=O)N1CCCCCC1C(=O)O. The highest BCUT2D eigenvalue weighted by molar-refractivity contribution is 7.88. The topological polar surface area (TPSA) is 95.0 Å². The van der Waals surface area contributed by atoms with E-state index in [1.54, 1.807) is 0 Å². The van der Waals surface area contributed by atoms with Crippen molar-refractivity contribution < 1.29 is 23.1 Å². The summed E-state index contributed by atoms with van der Waals surface area (Å²) in [7, 11) is -3.44. The molecular formula is C13H22N2O5S. The summed E-state index contributed by atoms with van der Waals surface area (Å²) in [4.78, 5) is 25.4. The number of nitrogens with zero attached hydrogens (tertiary/aromatic N) is 2. The van der Waals surface area contributed by atoms with Crippen molar-refractivity contribution in [1.29, 1.82) is 0 Å². The lowest BCUT2D eigenvalue weighted by molar-refractivity contribution is -0.151. The summed E-state index contributed by atoms with van der Waals surface area (Å²) in [5, 5.41) is 9.33. The third kappa shape index (κ3) is 3.55. The number of likely N-dealkylation sites (tertiary alicyclic amines) is 1. The minimum atomic E-state index is -3.44. The number of rotatable bonds is 3. The molecule has 0 aromatic rings. The van der Waals surface area contributed by atoms with E-state index in [-0.39, 0.29) is 5.91 Å². The molecule has 8 heteroatoms. The van der Waals surface area contributed by atoms with Gasteiger partial charge < -0.3 is 10.0 Å². The summed E-state index contributed by atoms with van der Waals surface area (Å²) >= 11 is 0. The van der Waals surface area contributed by atoms with E-state index in [4.69, 9.17) is 0 Å². The number of hydrogen-bond donors (Lipinski definition) is 1. The zero-order chi connectivity index (χ0) is 15.6. The van der Waals surface area contributed by atoms with Crippen LogP contribution in [0.1, 0.15) is 38.5 Å². The minimum absolute atomic E-state index is 0.334. The number of carboxylic acids is 1. The molecule has 2 saturated heterocycles. The number of amides is 1. The molecule has 0 radical (unpaired) electrons. The van der Waals surface area contributed by atoms with Gasteiger partial charge in [-0.15, -0.1) is 0 Å². The van der Waals surface area contributed by atoms with Gasteiger partial charge in [0.05, 0.1) is 6.26 Å². The van der Waals surface area contributed by atoms with Gasteiger partial charge in [0.1, 0.15) is 12.1 Å². The van der Waals surface area contributed by atoms with Gasteiger partial charge in [0.2, 0.25) is 15.9 Å². The van der Waals surface area contributed by atoms with E-state index < -0.39 is 28.1 Å². The van der Waals surface area contributed by atoms with Gasteiger partial charge in [0.25, 0.3) is 0 Å². The van der Waals surface area contributed by atoms with Crippen LogP contribution in [0.2, 0.25) is 0 Å². The first kappa shape index (κ1) is 16.2. The Labute approximate surface area is 125 Å². The van der Waals surface area contributed by atoms with Crippen LogP contribution >= 0.6 is 0 Å². The highest BCUT2D eigenvalue weighted by atomic mass is 32.2. The largest absolute Gasteiger partial charge is 0.480 e. The van der Waals surface area contributed by atoms with E-state index >= 15 is 0 Å². The van der Waals surface area contributed by atoms with Gasteiger partial charge in [-0.1, -0.05) is 12.8 Å². The van der Waals surface area contributed by atoms with Gasteiger partial charge in [0.15, 0.2) is 0 Å². The van der Waals surface area contributed by atoms with Crippen LogP contribution in [0.25, 0.3) is 0 Å². The molecule has 21 heavy (non-hydrogen) atoms. The molecule has 0 aliphatic carbocycles. The predicted octanol–water partition coefficient (Wildman–Crippen LogP) is 0.266. The van der Waals surface area contributed by atoms with E-state index in [9.17, 15) is 23.1 Å². The molecule has 2 atom stereocenters. The third-order valence-corrected chi connectivity index (χ3v) is 5.52. The van der Waals surface area contributed by atoms with Crippen LogP contribution in [-0.4, -0.2) is 66.0 Å². The molecule has 2 aliphatic rings. The number of carboxylic acid groups (broad SMARTS) is 1. The lowest BCUT2D eigenvalue weighted by Crippen LogP contribution is -2.52. The molecule has 7 nitrogen and oxygen atoms in total. The van der Waals surface area contributed by atoms with E-state index in [2.05, 4.69) is 0 Å². The molecule has 0 saturated carbocycles. The van der Waals surface area contributed by atoms with Crippen LogP contribution in [0.15, 0.2) is 0 Å². The third-order valence-electron chi connectivity index (χ3n) is 4.24. The molecule has 1 N–H and O–H groups in total. The highest BCUT2D eigenvalue weighted by Crippen LogP contribution is 2.25. The number of aliphatic carboxylic acids is 1. The monoisotopic (exact) mass is 318 g/mol. The van der Waals surface area contributed by atoms with Gasteiger partial charge >= 0.3 is 5.97 Å². The molecular weight excluding hydrogens is 296 g/mol. The molecule has 2 aliphatic heterocycles. The van der Waals surface area contributed by atoms with Crippen LogP contribution in [0.3, 0.4) is 0 Å². The van der Waals surface area contributed by atoms with E-state index in [0.717, 1.165) is 25.5 Å². The molecule has 0 bridgehead atoms. The Kier molecular flexibility index (Phi) is 4.88. The first-order chi connectivity index (χ1) is 9.82. The summed E-state index contributed by atoms with van der Waals surface area (Å²) in [5.74, 6) is -1.36. The maximum atomic E-state index is 12.7. The van der Waals surface area contributed by atoms with E-state index in [0.29, 0.717) is 32.4 Å². The van der Waals surface area contributed by atoms with Gasteiger partial charge in [0, 0.05) is 13.1 Å². The summed E-state index contributed by atoms with van der Waals surface area (Å²) in [6.07, 6.45) is 5.07. The van der Waals surface area contributed by atoms with Crippen LogP contribution in [0, 0.1) is 0 Å². The number of carbonyl (C=O) groups is 2. The first-order valence-electron chi connectivity index (χ1n) is 7.32. The molecule has 2 heterocycles. The van der Waals surface area contributed by atoms with Crippen molar-refractivity contribution in [2.24, 2.45) is 0 Å². The number of sulfonamides is 1. The summed E-state index contributed by atoms with van der Waals surface area (Å²) in [5.41, 5.74) is 0. The Morgan fingerprint density at radius 1 is 1.00 bits per heavy atom. The minimum Gasteiger partial charge on any atom is -0.480 e. The fourth-order valence-corrected chi connectivity index (χ4v) is 4.32. The maximum absolute atomic E-state index is 12.7. The van der Waals surface area contributed by atoms with Crippen LogP contribution < -0.4 is 0 Å². The van der Waals surface area contributed by atoms with Crippen molar-refractivity contribution in [2.75, 3.05) is 19.3 Å². The second kappa shape index (κ2) is 6.31. The predicted molar refractivity (Wildman–Crippen MR) is 76.2 cm³/mol. The molecule has 0 aromatic heterocycles. The quantitative estimate of drug-likeness (QED) is 0.806. The van der Waals surface area contributed by atoms with Gasteiger partial charge in [-0.3, -0.25) is 4.79 Å². The molecule has 2 rings (SSSR count). The Morgan fingerprint density at radius 3 is 2.29 bits per heavy atom. The fourth-order valence-electron chi connectivity index (χ4n) is 3.20. The van der Waals surface area contributed by atoms with Crippen molar-refractivity contribution in [3.8, 4) is 0 Å². The standard InChI is InChI=1S/C13H22N2O5S/c1-21(19,20)15-9-5-7-10(15)12(16)14-8-4-2-3-6-11(14)13(17)18/h10-11H,2-9H2,1H3,(H,17,18). The van der Waals surface area contributed by atoms with E-state index in [1.165, 1.54) is 9.21 Å². The Balaban J connectivity index is 2.22. The smallest absolute Gasteiger partial charge is 0.326 e. The Morgan fingerprint density at radius 2 is 1.67 bits per heavy atom. The van der Waals surface area contributed by atoms with Crippen molar-refractivity contribution >= 4 is 21.9 Å². The van der Waals surface area contributed by atoms with E-state index in [1.807, 2.05) is 0 Å². The normalized spacial score (nSPS) is 28.3. The number of hydrogen-bond acceptors (Lipinski definition) is 4. The molecule has 2 fully saturated rings.